The second-order valence-corrected chi connectivity index (χ2v) is 6.56. The highest BCUT2D eigenvalue weighted by atomic mass is 79.9. The second-order valence-electron chi connectivity index (χ2n) is 4.79. The number of aliphatic carboxylic acids is 1. The van der Waals surface area contributed by atoms with Crippen LogP contribution in [0.5, 0.6) is 0 Å². The van der Waals surface area contributed by atoms with Gasteiger partial charge >= 0.3 is 5.97 Å². The Morgan fingerprint density at radius 3 is 2.62 bits per heavy atom. The van der Waals surface area contributed by atoms with Gasteiger partial charge in [-0.2, -0.15) is 5.10 Å². The molecule has 126 valence electrons. The summed E-state index contributed by atoms with van der Waals surface area (Å²) in [5.41, 5.74) is 1.66. The van der Waals surface area contributed by atoms with Gasteiger partial charge in [0.2, 0.25) is 0 Å². The lowest BCUT2D eigenvalue weighted by Crippen LogP contribution is -2.03. The Kier molecular flexibility index (Phi) is 6.00. The topological polar surface area (TPSA) is 78.9 Å². The number of aryl methyl sites for hydroxylation is 1. The van der Waals surface area contributed by atoms with Crippen LogP contribution < -0.4 is 0 Å². The molecule has 2 aromatic heterocycles. The van der Waals surface area contributed by atoms with E-state index >= 15 is 0 Å². The molecule has 5 nitrogen and oxygen atoms in total. The van der Waals surface area contributed by atoms with Crippen LogP contribution >= 0.6 is 31.9 Å². The SMILES string of the molecule is Cc1n[nH]c2ncc(Br)cc12.O=C(O)Cc1cc(F)c(Br)cc1F. The van der Waals surface area contributed by atoms with E-state index < -0.39 is 24.0 Å². The molecule has 2 heterocycles. The first-order valence-electron chi connectivity index (χ1n) is 6.59. The monoisotopic (exact) mass is 461 g/mol. The normalized spacial score (nSPS) is 10.4. The fraction of sp³-hybridized carbons (Fsp3) is 0.133. The van der Waals surface area contributed by atoms with Crippen LogP contribution in [0.4, 0.5) is 8.78 Å². The lowest BCUT2D eigenvalue weighted by atomic mass is 10.1. The zero-order valence-electron chi connectivity index (χ0n) is 12.3. The minimum atomic E-state index is -1.19. The number of hydrogen-bond donors (Lipinski definition) is 2. The molecule has 0 aliphatic carbocycles. The molecule has 3 aromatic rings. The number of aromatic amines is 1. The zero-order valence-corrected chi connectivity index (χ0v) is 15.5. The number of halogens is 4. The van der Waals surface area contributed by atoms with Crippen molar-refractivity contribution >= 4 is 48.9 Å². The zero-order chi connectivity index (χ0) is 17.9. The number of pyridine rings is 1. The summed E-state index contributed by atoms with van der Waals surface area (Å²) in [6.07, 6.45) is 1.23. The van der Waals surface area contributed by atoms with Crippen molar-refractivity contribution in [1.82, 2.24) is 15.2 Å². The van der Waals surface area contributed by atoms with Gasteiger partial charge in [0.25, 0.3) is 0 Å². The first kappa shape index (κ1) is 18.5. The van der Waals surface area contributed by atoms with Gasteiger partial charge in [0, 0.05) is 21.6 Å². The summed E-state index contributed by atoms with van der Waals surface area (Å²) >= 11 is 6.13. The molecule has 0 unspecified atom stereocenters. The number of aromatic nitrogens is 3. The highest BCUT2D eigenvalue weighted by molar-refractivity contribution is 9.10. The third-order valence-corrected chi connectivity index (χ3v) is 4.05. The molecule has 0 aliphatic heterocycles. The molecule has 0 spiro atoms. The largest absolute Gasteiger partial charge is 0.481 e. The average molecular weight is 463 g/mol. The lowest BCUT2D eigenvalue weighted by molar-refractivity contribution is -0.136. The fourth-order valence-electron chi connectivity index (χ4n) is 1.86. The van der Waals surface area contributed by atoms with Gasteiger partial charge in [0.15, 0.2) is 5.65 Å². The van der Waals surface area contributed by atoms with Crippen LogP contribution in [0.3, 0.4) is 0 Å². The maximum atomic E-state index is 12.9. The summed E-state index contributed by atoms with van der Waals surface area (Å²) in [5.74, 6) is -2.59. The van der Waals surface area contributed by atoms with Crippen LogP contribution in [0.1, 0.15) is 11.3 Å². The van der Waals surface area contributed by atoms with Gasteiger partial charge in [-0.15, -0.1) is 0 Å². The van der Waals surface area contributed by atoms with Crippen molar-refractivity contribution < 1.29 is 18.7 Å². The van der Waals surface area contributed by atoms with Crippen molar-refractivity contribution in [2.24, 2.45) is 0 Å². The van der Waals surface area contributed by atoms with E-state index in [2.05, 4.69) is 47.0 Å². The predicted octanol–water partition coefficient (Wildman–Crippen LogP) is 4.38. The van der Waals surface area contributed by atoms with Crippen molar-refractivity contribution in [3.8, 4) is 0 Å². The van der Waals surface area contributed by atoms with E-state index in [1.807, 2.05) is 13.0 Å². The highest BCUT2D eigenvalue weighted by Gasteiger charge is 2.10. The van der Waals surface area contributed by atoms with Gasteiger partial charge in [-0.1, -0.05) is 0 Å². The Bertz CT molecular complexity index is 900. The number of H-pyrrole nitrogens is 1. The molecule has 0 aliphatic rings. The Hall–Kier alpha value is -1.87. The van der Waals surface area contributed by atoms with Crippen LogP contribution in [-0.4, -0.2) is 26.3 Å². The number of nitrogens with zero attached hydrogens (tertiary/aromatic N) is 2. The van der Waals surface area contributed by atoms with Crippen LogP contribution in [0.15, 0.2) is 33.3 Å². The Balaban J connectivity index is 0.000000175. The number of carboxylic acid groups (broad SMARTS) is 1. The fourth-order valence-corrected chi connectivity index (χ4v) is 2.51. The minimum absolute atomic E-state index is 0.0147. The van der Waals surface area contributed by atoms with E-state index in [0.717, 1.165) is 33.3 Å². The van der Waals surface area contributed by atoms with E-state index in [-0.39, 0.29) is 10.0 Å². The smallest absolute Gasteiger partial charge is 0.307 e. The number of hydrogen-bond acceptors (Lipinski definition) is 3. The van der Waals surface area contributed by atoms with E-state index in [1.54, 1.807) is 6.20 Å². The number of nitrogens with one attached hydrogen (secondary N) is 1. The van der Waals surface area contributed by atoms with E-state index in [9.17, 15) is 13.6 Å². The number of fused-ring (bicyclic) bond motifs is 1. The molecule has 0 fully saturated rings. The molecule has 0 bridgehead atoms. The van der Waals surface area contributed by atoms with Crippen LogP contribution in [0.25, 0.3) is 11.0 Å². The van der Waals surface area contributed by atoms with Gasteiger partial charge in [-0.05, 0) is 57.0 Å². The van der Waals surface area contributed by atoms with Gasteiger partial charge in [0.05, 0.1) is 16.6 Å². The van der Waals surface area contributed by atoms with Crippen molar-refractivity contribution in [3.63, 3.8) is 0 Å². The molecule has 2 N–H and O–H groups in total. The lowest BCUT2D eigenvalue weighted by Gasteiger charge is -2.01. The maximum absolute atomic E-state index is 12.9. The van der Waals surface area contributed by atoms with E-state index in [4.69, 9.17) is 5.11 Å². The highest BCUT2D eigenvalue weighted by Crippen LogP contribution is 2.20. The average Bonchev–Trinajstić information content (AvgIpc) is 2.86. The van der Waals surface area contributed by atoms with Crippen molar-refractivity contribution in [3.05, 3.63) is 56.2 Å². The van der Waals surface area contributed by atoms with Gasteiger partial charge in [-0.3, -0.25) is 9.89 Å². The summed E-state index contributed by atoms with van der Waals surface area (Å²) in [6.45, 7) is 1.95. The Morgan fingerprint density at radius 1 is 1.25 bits per heavy atom. The molecule has 1 aromatic carbocycles. The number of rotatable bonds is 2. The van der Waals surface area contributed by atoms with E-state index in [0.29, 0.717) is 0 Å². The standard InChI is InChI=1S/C8H5BrF2O2.C7H6BrN3/c9-5-3-6(10)4(1-7(5)11)2-8(12)13;1-4-6-2-5(8)3-9-7(6)11-10-4/h1,3H,2H2,(H,12,13);2-3H,1H3,(H,9,10,11). The van der Waals surface area contributed by atoms with Crippen molar-refractivity contribution in [2.45, 2.75) is 13.3 Å². The molecule has 0 amide bonds. The van der Waals surface area contributed by atoms with Gasteiger partial charge in [-0.25, -0.2) is 13.8 Å². The predicted molar refractivity (Wildman–Crippen MR) is 91.7 cm³/mol. The summed E-state index contributed by atoms with van der Waals surface area (Å²) in [7, 11) is 0. The first-order valence-corrected chi connectivity index (χ1v) is 8.18. The van der Waals surface area contributed by atoms with Crippen molar-refractivity contribution in [1.29, 1.82) is 0 Å². The molecule has 9 heteroatoms. The second kappa shape index (κ2) is 7.80. The summed E-state index contributed by atoms with van der Waals surface area (Å²) in [4.78, 5) is 14.4. The molecule has 0 atom stereocenters. The number of carboxylic acids is 1. The maximum Gasteiger partial charge on any atom is 0.307 e. The van der Waals surface area contributed by atoms with E-state index in [1.165, 1.54) is 0 Å². The molecular formula is C15H11Br2F2N3O2. The van der Waals surface area contributed by atoms with Crippen molar-refractivity contribution in [2.75, 3.05) is 0 Å². The molecule has 0 saturated carbocycles. The first-order chi connectivity index (χ1) is 11.3. The van der Waals surface area contributed by atoms with Gasteiger partial charge in [0.1, 0.15) is 11.6 Å². The van der Waals surface area contributed by atoms with Crippen LogP contribution in [0.2, 0.25) is 0 Å². The minimum Gasteiger partial charge on any atom is -0.481 e. The van der Waals surface area contributed by atoms with Crippen LogP contribution in [-0.2, 0) is 11.2 Å². The molecule has 3 rings (SSSR count). The third kappa shape index (κ3) is 4.57. The molecule has 24 heavy (non-hydrogen) atoms. The van der Waals surface area contributed by atoms with Gasteiger partial charge < -0.3 is 5.11 Å². The summed E-state index contributed by atoms with van der Waals surface area (Å²) < 4.78 is 26.7. The third-order valence-electron chi connectivity index (χ3n) is 3.00. The quantitative estimate of drug-likeness (QED) is 0.554. The molecular weight excluding hydrogens is 452 g/mol. The number of benzene rings is 1. The molecule has 0 saturated heterocycles. The molecule has 0 radical (unpaired) electrons. The Labute approximate surface area is 152 Å². The summed E-state index contributed by atoms with van der Waals surface area (Å²) in [6, 6.07) is 3.78. The number of carbonyl (C=O) groups is 1. The van der Waals surface area contributed by atoms with Crippen LogP contribution in [0, 0.1) is 18.6 Å². The summed E-state index contributed by atoms with van der Waals surface area (Å²) in [5, 5.41) is 16.3. The Morgan fingerprint density at radius 2 is 1.96 bits per heavy atom.